The van der Waals surface area contributed by atoms with Gasteiger partial charge in [0.1, 0.15) is 21.7 Å². The van der Waals surface area contributed by atoms with E-state index in [-0.39, 0.29) is 17.2 Å². The van der Waals surface area contributed by atoms with Crippen LogP contribution in [0.15, 0.2) is 51.1 Å². The second-order valence-corrected chi connectivity index (χ2v) is 8.66. The first-order valence-electron chi connectivity index (χ1n) is 6.87. The number of nitrogens with one attached hydrogen (secondary N) is 1. The van der Waals surface area contributed by atoms with E-state index in [2.05, 4.69) is 4.72 Å². The average Bonchev–Trinajstić information content (AvgIpc) is 3.13. The molecule has 0 aliphatic heterocycles. The lowest BCUT2D eigenvalue weighted by molar-refractivity contribution is 0.144. The van der Waals surface area contributed by atoms with Crippen molar-refractivity contribution in [1.82, 2.24) is 4.72 Å². The first kappa shape index (κ1) is 16.5. The van der Waals surface area contributed by atoms with Crippen LogP contribution in [0.1, 0.15) is 18.3 Å². The molecular weight excluding hydrogens is 358 g/mol. The minimum Gasteiger partial charge on any atom is -0.458 e. The summed E-state index contributed by atoms with van der Waals surface area (Å²) >= 11 is 6.73. The Morgan fingerprint density at radius 3 is 2.74 bits per heavy atom. The summed E-state index contributed by atoms with van der Waals surface area (Å²) in [4.78, 5) is 0. The lowest BCUT2D eigenvalue weighted by atomic mass is 10.2. The van der Waals surface area contributed by atoms with Gasteiger partial charge in [-0.2, -0.15) is 0 Å². The topological polar surface area (TPSA) is 79.5 Å². The average molecular weight is 372 g/mol. The number of rotatable bonds is 6. The number of hydrogen-bond acceptors (Lipinski definition) is 5. The first-order valence-corrected chi connectivity index (χ1v) is 9.55. The number of thiophene rings is 1. The molecule has 1 aromatic carbocycles. The van der Waals surface area contributed by atoms with Gasteiger partial charge in [0.05, 0.1) is 4.34 Å². The van der Waals surface area contributed by atoms with Crippen LogP contribution < -0.4 is 4.72 Å². The Balaban J connectivity index is 1.61. The second-order valence-electron chi connectivity index (χ2n) is 4.95. The van der Waals surface area contributed by atoms with Gasteiger partial charge in [-0.3, -0.25) is 0 Å². The molecule has 0 saturated heterocycles. The van der Waals surface area contributed by atoms with E-state index < -0.39 is 16.1 Å². The van der Waals surface area contributed by atoms with Crippen LogP contribution >= 0.6 is 22.9 Å². The van der Waals surface area contributed by atoms with Gasteiger partial charge in [0.2, 0.25) is 10.0 Å². The van der Waals surface area contributed by atoms with E-state index in [9.17, 15) is 13.5 Å². The number of para-hydroxylation sites is 1. The largest absolute Gasteiger partial charge is 0.458 e. The number of benzene rings is 1. The molecule has 0 bridgehead atoms. The molecule has 0 saturated carbocycles. The van der Waals surface area contributed by atoms with Crippen molar-refractivity contribution < 1.29 is 17.9 Å². The zero-order valence-corrected chi connectivity index (χ0v) is 14.3. The molecule has 0 aliphatic rings. The van der Waals surface area contributed by atoms with Crippen molar-refractivity contribution in [1.29, 1.82) is 0 Å². The maximum Gasteiger partial charge on any atom is 0.250 e. The van der Waals surface area contributed by atoms with Gasteiger partial charge in [-0.25, -0.2) is 13.1 Å². The molecule has 0 radical (unpaired) electrons. The van der Waals surface area contributed by atoms with E-state index in [4.69, 9.17) is 16.0 Å². The molecule has 0 aliphatic carbocycles. The Hall–Kier alpha value is -1.38. The molecule has 8 heteroatoms. The SMILES string of the molecule is O=S(=O)(NCC[C@@H](O)c1cc2ccccc2o1)c1ccc(Cl)s1. The number of aliphatic hydroxyl groups is 1. The minimum atomic E-state index is -3.60. The van der Waals surface area contributed by atoms with Crippen molar-refractivity contribution in [2.75, 3.05) is 6.54 Å². The summed E-state index contributed by atoms with van der Waals surface area (Å²) in [7, 11) is -3.60. The van der Waals surface area contributed by atoms with Crippen molar-refractivity contribution in [3.63, 3.8) is 0 Å². The molecular formula is C15H14ClNO4S2. The molecule has 0 fully saturated rings. The highest BCUT2D eigenvalue weighted by Crippen LogP contribution is 2.27. The highest BCUT2D eigenvalue weighted by Gasteiger charge is 2.18. The monoisotopic (exact) mass is 371 g/mol. The van der Waals surface area contributed by atoms with Gasteiger partial charge < -0.3 is 9.52 Å². The van der Waals surface area contributed by atoms with Gasteiger partial charge in [-0.05, 0) is 30.7 Å². The van der Waals surface area contributed by atoms with Crippen LogP contribution in [0, 0.1) is 0 Å². The zero-order valence-electron chi connectivity index (χ0n) is 11.9. The van der Waals surface area contributed by atoms with Gasteiger partial charge in [0, 0.05) is 11.9 Å². The fourth-order valence-corrected chi connectivity index (χ4v) is 4.73. The number of fused-ring (bicyclic) bond motifs is 1. The smallest absolute Gasteiger partial charge is 0.250 e. The number of sulfonamides is 1. The van der Waals surface area contributed by atoms with Gasteiger partial charge in [0.25, 0.3) is 0 Å². The molecule has 0 unspecified atom stereocenters. The maximum absolute atomic E-state index is 12.0. The fraction of sp³-hybridized carbons (Fsp3) is 0.200. The Morgan fingerprint density at radius 1 is 1.26 bits per heavy atom. The van der Waals surface area contributed by atoms with Crippen LogP contribution in [0.25, 0.3) is 11.0 Å². The standard InChI is InChI=1S/C15H14ClNO4S2/c16-14-5-6-15(22-14)23(19,20)17-8-7-11(18)13-9-10-3-1-2-4-12(10)21-13/h1-6,9,11,17-18H,7-8H2/t11-/m1/s1. The number of aliphatic hydroxyl groups excluding tert-OH is 1. The van der Waals surface area contributed by atoms with Gasteiger partial charge in [-0.15, -0.1) is 11.3 Å². The van der Waals surface area contributed by atoms with Crippen molar-refractivity contribution in [2.45, 2.75) is 16.7 Å². The summed E-state index contributed by atoms with van der Waals surface area (Å²) in [5, 5.41) is 11.0. The molecule has 122 valence electrons. The molecule has 3 aromatic rings. The van der Waals surface area contributed by atoms with Gasteiger partial charge in [0.15, 0.2) is 0 Å². The summed E-state index contributed by atoms with van der Waals surface area (Å²) in [5.41, 5.74) is 0.690. The second kappa shape index (κ2) is 6.62. The fourth-order valence-electron chi connectivity index (χ4n) is 2.15. The summed E-state index contributed by atoms with van der Waals surface area (Å²) in [5.74, 6) is 0.421. The molecule has 23 heavy (non-hydrogen) atoms. The highest BCUT2D eigenvalue weighted by atomic mass is 35.5. The highest BCUT2D eigenvalue weighted by molar-refractivity contribution is 7.91. The van der Waals surface area contributed by atoms with E-state index in [1.54, 1.807) is 6.07 Å². The van der Waals surface area contributed by atoms with E-state index in [0.717, 1.165) is 16.7 Å². The van der Waals surface area contributed by atoms with E-state index in [1.165, 1.54) is 12.1 Å². The van der Waals surface area contributed by atoms with E-state index in [1.807, 2.05) is 24.3 Å². The Bertz CT molecular complexity index is 883. The van der Waals surface area contributed by atoms with Crippen LogP contribution in [-0.4, -0.2) is 20.1 Å². The number of hydrogen-bond donors (Lipinski definition) is 2. The minimum absolute atomic E-state index is 0.0933. The maximum atomic E-state index is 12.0. The Kier molecular flexibility index (Phi) is 4.74. The lowest BCUT2D eigenvalue weighted by Crippen LogP contribution is -2.25. The molecule has 3 rings (SSSR count). The van der Waals surface area contributed by atoms with Gasteiger partial charge in [-0.1, -0.05) is 29.8 Å². The van der Waals surface area contributed by atoms with Crippen molar-refractivity contribution in [3.05, 3.63) is 52.6 Å². The van der Waals surface area contributed by atoms with Gasteiger partial charge >= 0.3 is 0 Å². The summed E-state index contributed by atoms with van der Waals surface area (Å²) in [6.07, 6.45) is -0.671. The number of halogens is 1. The molecule has 1 atom stereocenters. The summed E-state index contributed by atoms with van der Waals surface area (Å²) in [6, 6.07) is 12.2. The van der Waals surface area contributed by atoms with Crippen molar-refractivity contribution in [2.24, 2.45) is 0 Å². The van der Waals surface area contributed by atoms with Crippen molar-refractivity contribution >= 4 is 43.9 Å². The van der Waals surface area contributed by atoms with Crippen LogP contribution in [0.3, 0.4) is 0 Å². The normalized spacial score (nSPS) is 13.5. The quantitative estimate of drug-likeness (QED) is 0.694. The molecule has 0 amide bonds. The first-order chi connectivity index (χ1) is 11.0. The summed E-state index contributed by atoms with van der Waals surface area (Å²) in [6.45, 7) is 0.0933. The lowest BCUT2D eigenvalue weighted by Gasteiger charge is -2.08. The van der Waals surface area contributed by atoms with E-state index >= 15 is 0 Å². The van der Waals surface area contributed by atoms with E-state index in [0.29, 0.717) is 15.7 Å². The molecule has 0 spiro atoms. The molecule has 2 aromatic heterocycles. The molecule has 2 heterocycles. The third-order valence-corrected chi connectivity index (χ3v) is 6.48. The molecule has 2 N–H and O–H groups in total. The predicted octanol–water partition coefficient (Wildman–Crippen LogP) is 3.55. The van der Waals surface area contributed by atoms with Crippen molar-refractivity contribution in [3.8, 4) is 0 Å². The van der Waals surface area contributed by atoms with Crippen LogP contribution in [0.2, 0.25) is 4.34 Å². The Morgan fingerprint density at radius 2 is 2.04 bits per heavy atom. The summed E-state index contributed by atoms with van der Waals surface area (Å²) < 4.78 is 32.6. The predicted molar refractivity (Wildman–Crippen MR) is 90.3 cm³/mol. The Labute approximate surface area is 142 Å². The zero-order chi connectivity index (χ0) is 16.4. The number of furan rings is 1. The third-order valence-electron chi connectivity index (χ3n) is 3.30. The third kappa shape index (κ3) is 3.76. The van der Waals surface area contributed by atoms with Crippen LogP contribution in [0.5, 0.6) is 0 Å². The van der Waals surface area contributed by atoms with Crippen LogP contribution in [0.4, 0.5) is 0 Å². The van der Waals surface area contributed by atoms with Crippen LogP contribution in [-0.2, 0) is 10.0 Å². The molecule has 5 nitrogen and oxygen atoms in total.